The van der Waals surface area contributed by atoms with E-state index in [1.54, 1.807) is 39.0 Å². The van der Waals surface area contributed by atoms with Crippen molar-refractivity contribution in [2.24, 2.45) is 0 Å². The Morgan fingerprint density at radius 1 is 1.28 bits per heavy atom. The Morgan fingerprint density at radius 2 is 1.96 bits per heavy atom. The second-order valence-electron chi connectivity index (χ2n) is 6.14. The minimum atomic E-state index is -0.747. The van der Waals surface area contributed by atoms with Crippen LogP contribution in [-0.4, -0.2) is 46.8 Å². The Bertz CT molecular complexity index is 838. The molecular formula is C16H18BrN3O5. The van der Waals surface area contributed by atoms with Gasteiger partial charge >= 0.3 is 12.1 Å². The van der Waals surface area contributed by atoms with E-state index in [-0.39, 0.29) is 12.4 Å². The van der Waals surface area contributed by atoms with Crippen molar-refractivity contribution in [3.05, 3.63) is 28.5 Å². The van der Waals surface area contributed by atoms with Crippen molar-refractivity contribution in [3.63, 3.8) is 0 Å². The van der Waals surface area contributed by atoms with Gasteiger partial charge in [0.1, 0.15) is 12.1 Å². The summed E-state index contributed by atoms with van der Waals surface area (Å²) in [4.78, 5) is 40.4. The topological polar surface area (TPSA) is 99.5 Å². The monoisotopic (exact) mass is 411 g/mol. The molecule has 25 heavy (non-hydrogen) atoms. The molecule has 134 valence electrons. The zero-order chi connectivity index (χ0) is 18.8. The van der Waals surface area contributed by atoms with Crippen LogP contribution in [0.5, 0.6) is 0 Å². The average Bonchev–Trinajstić information content (AvgIpc) is 2.89. The lowest BCUT2D eigenvalue weighted by Crippen LogP contribution is -2.35. The number of hydrogen-bond acceptors (Lipinski definition) is 6. The lowest BCUT2D eigenvalue weighted by atomic mass is 10.2. The summed E-state index contributed by atoms with van der Waals surface area (Å²) in [6.45, 7) is 4.82. The Labute approximate surface area is 152 Å². The molecular weight excluding hydrogens is 394 g/mol. The van der Waals surface area contributed by atoms with Crippen molar-refractivity contribution < 1.29 is 23.9 Å². The van der Waals surface area contributed by atoms with E-state index in [9.17, 15) is 14.4 Å². The number of amides is 1. The summed E-state index contributed by atoms with van der Waals surface area (Å²) >= 11 is 3.32. The number of nitrogens with one attached hydrogen (secondary N) is 1. The van der Waals surface area contributed by atoms with Gasteiger partial charge < -0.3 is 14.8 Å². The highest BCUT2D eigenvalue weighted by Crippen LogP contribution is 2.22. The van der Waals surface area contributed by atoms with Crippen LogP contribution in [0, 0.1) is 0 Å². The maximum atomic E-state index is 12.6. The minimum absolute atomic E-state index is 0.175. The largest absolute Gasteiger partial charge is 0.468 e. The van der Waals surface area contributed by atoms with E-state index in [4.69, 9.17) is 4.74 Å². The van der Waals surface area contributed by atoms with Gasteiger partial charge in [-0.3, -0.25) is 9.59 Å². The first-order valence-electron chi connectivity index (χ1n) is 7.39. The van der Waals surface area contributed by atoms with Crippen molar-refractivity contribution in [2.45, 2.75) is 26.4 Å². The highest BCUT2D eigenvalue weighted by atomic mass is 79.9. The van der Waals surface area contributed by atoms with Crippen molar-refractivity contribution >= 4 is 44.9 Å². The average molecular weight is 412 g/mol. The van der Waals surface area contributed by atoms with Gasteiger partial charge in [0.2, 0.25) is 5.82 Å². The van der Waals surface area contributed by atoms with Crippen LogP contribution in [0.1, 0.15) is 31.4 Å². The van der Waals surface area contributed by atoms with Gasteiger partial charge in [-0.1, -0.05) is 15.9 Å². The summed E-state index contributed by atoms with van der Waals surface area (Å²) in [5.74, 6) is -1.48. The highest BCUT2D eigenvalue weighted by Gasteiger charge is 2.26. The number of esters is 1. The smallest absolute Gasteiger partial charge is 0.420 e. The van der Waals surface area contributed by atoms with Crippen LogP contribution < -0.4 is 5.32 Å². The molecule has 2 rings (SSSR count). The molecule has 1 aromatic heterocycles. The van der Waals surface area contributed by atoms with Gasteiger partial charge in [0.15, 0.2) is 0 Å². The number of imidazole rings is 1. The van der Waals surface area contributed by atoms with Gasteiger partial charge in [0, 0.05) is 4.47 Å². The van der Waals surface area contributed by atoms with Gasteiger partial charge in [0.25, 0.3) is 5.91 Å². The predicted molar refractivity (Wildman–Crippen MR) is 93.4 cm³/mol. The van der Waals surface area contributed by atoms with E-state index in [0.717, 1.165) is 9.04 Å². The number of ether oxygens (including phenoxy) is 2. The van der Waals surface area contributed by atoms with Crippen molar-refractivity contribution in [1.82, 2.24) is 14.9 Å². The summed E-state index contributed by atoms with van der Waals surface area (Å²) in [6, 6.07) is 5.04. The second kappa shape index (κ2) is 7.22. The van der Waals surface area contributed by atoms with Gasteiger partial charge in [-0.25, -0.2) is 14.3 Å². The molecule has 0 aliphatic rings. The first-order valence-corrected chi connectivity index (χ1v) is 8.18. The van der Waals surface area contributed by atoms with Crippen LogP contribution in [0.25, 0.3) is 11.0 Å². The molecule has 0 saturated carbocycles. The standard InChI is InChI=1S/C16H18BrN3O5/c1-16(2,3)25-15(23)20-11-6-5-9(17)7-10(11)19-13(20)14(22)18-8-12(21)24-4/h5-7H,8H2,1-4H3,(H,18,22). The molecule has 2 aromatic rings. The highest BCUT2D eigenvalue weighted by molar-refractivity contribution is 9.10. The summed E-state index contributed by atoms with van der Waals surface area (Å²) in [7, 11) is 1.21. The molecule has 0 saturated heterocycles. The number of rotatable bonds is 3. The molecule has 0 spiro atoms. The number of benzene rings is 1. The molecule has 1 aromatic carbocycles. The molecule has 0 unspecified atom stereocenters. The number of carbonyl (C=O) groups is 3. The lowest BCUT2D eigenvalue weighted by molar-refractivity contribution is -0.139. The first kappa shape index (κ1) is 18.9. The Balaban J connectivity index is 2.47. The Hall–Kier alpha value is -2.42. The van der Waals surface area contributed by atoms with Crippen LogP contribution in [-0.2, 0) is 14.3 Å². The zero-order valence-corrected chi connectivity index (χ0v) is 15.8. The van der Waals surface area contributed by atoms with Crippen LogP contribution in [0.4, 0.5) is 4.79 Å². The van der Waals surface area contributed by atoms with E-state index in [1.165, 1.54) is 7.11 Å². The fourth-order valence-corrected chi connectivity index (χ4v) is 2.35. The maximum Gasteiger partial charge on any atom is 0.420 e. The molecule has 0 aliphatic carbocycles. The van der Waals surface area contributed by atoms with Crippen molar-refractivity contribution in [3.8, 4) is 0 Å². The third-order valence-electron chi connectivity index (χ3n) is 3.02. The molecule has 1 amide bonds. The normalized spacial score (nSPS) is 11.2. The summed E-state index contributed by atoms with van der Waals surface area (Å²) in [5.41, 5.74) is 0.104. The number of carbonyl (C=O) groups excluding carboxylic acids is 3. The molecule has 0 fully saturated rings. The van der Waals surface area contributed by atoms with Crippen LogP contribution >= 0.6 is 15.9 Å². The van der Waals surface area contributed by atoms with E-state index < -0.39 is 23.6 Å². The minimum Gasteiger partial charge on any atom is -0.468 e. The molecule has 9 heteroatoms. The number of halogens is 1. The Morgan fingerprint density at radius 3 is 2.56 bits per heavy atom. The third-order valence-corrected chi connectivity index (χ3v) is 3.51. The first-order chi connectivity index (χ1) is 11.6. The van der Waals surface area contributed by atoms with Crippen molar-refractivity contribution in [1.29, 1.82) is 0 Å². The summed E-state index contributed by atoms with van der Waals surface area (Å²) < 4.78 is 11.7. The predicted octanol–water partition coefficient (Wildman–Crippen LogP) is 2.48. The van der Waals surface area contributed by atoms with E-state index in [0.29, 0.717) is 11.0 Å². The van der Waals surface area contributed by atoms with E-state index >= 15 is 0 Å². The molecule has 1 N–H and O–H groups in total. The quantitative estimate of drug-likeness (QED) is 0.778. The molecule has 0 radical (unpaired) electrons. The molecule has 0 aliphatic heterocycles. The van der Waals surface area contributed by atoms with Crippen LogP contribution in [0.2, 0.25) is 0 Å². The van der Waals surface area contributed by atoms with E-state index in [1.807, 2.05) is 0 Å². The SMILES string of the molecule is COC(=O)CNC(=O)c1nc2cc(Br)ccc2n1C(=O)OC(C)(C)C. The number of fused-ring (bicyclic) bond motifs is 1. The number of aromatic nitrogens is 2. The van der Waals surface area contributed by atoms with E-state index in [2.05, 4.69) is 31.0 Å². The van der Waals surface area contributed by atoms with Gasteiger partial charge in [-0.05, 0) is 39.0 Å². The molecule has 8 nitrogen and oxygen atoms in total. The molecule has 0 bridgehead atoms. The number of hydrogen-bond donors (Lipinski definition) is 1. The number of methoxy groups -OCH3 is 1. The fourth-order valence-electron chi connectivity index (χ4n) is 2.00. The lowest BCUT2D eigenvalue weighted by Gasteiger charge is -2.20. The zero-order valence-electron chi connectivity index (χ0n) is 14.3. The molecule has 1 heterocycles. The maximum absolute atomic E-state index is 12.6. The van der Waals surface area contributed by atoms with Crippen LogP contribution in [0.3, 0.4) is 0 Å². The second-order valence-corrected chi connectivity index (χ2v) is 7.06. The summed E-state index contributed by atoms with van der Waals surface area (Å²) in [6.07, 6.45) is -0.736. The van der Waals surface area contributed by atoms with Crippen LogP contribution in [0.15, 0.2) is 22.7 Å². The summed E-state index contributed by atoms with van der Waals surface area (Å²) in [5, 5.41) is 2.37. The van der Waals surface area contributed by atoms with Gasteiger partial charge in [-0.15, -0.1) is 0 Å². The number of nitrogens with zero attached hydrogens (tertiary/aromatic N) is 2. The fraction of sp³-hybridized carbons (Fsp3) is 0.375. The van der Waals surface area contributed by atoms with Gasteiger partial charge in [-0.2, -0.15) is 0 Å². The van der Waals surface area contributed by atoms with Crippen molar-refractivity contribution in [2.75, 3.05) is 13.7 Å². The van der Waals surface area contributed by atoms with Gasteiger partial charge in [0.05, 0.1) is 18.1 Å². The Kier molecular flexibility index (Phi) is 5.46. The third kappa shape index (κ3) is 4.56. The molecule has 0 atom stereocenters.